The molecule has 0 fully saturated rings. The molecule has 0 aliphatic heterocycles. The number of anilines is 2. The van der Waals surface area contributed by atoms with Gasteiger partial charge in [-0.2, -0.15) is 0 Å². The van der Waals surface area contributed by atoms with Gasteiger partial charge in [-0.3, -0.25) is 4.98 Å². The molecule has 20 heavy (non-hydrogen) atoms. The van der Waals surface area contributed by atoms with Crippen LogP contribution in [-0.4, -0.2) is 10.9 Å². The number of aryl methyl sites for hydroxylation is 1. The molecule has 0 bridgehead atoms. The van der Waals surface area contributed by atoms with E-state index in [1.165, 1.54) is 5.56 Å². The van der Waals surface area contributed by atoms with E-state index < -0.39 is 0 Å². The van der Waals surface area contributed by atoms with Gasteiger partial charge in [-0.05, 0) is 36.2 Å². The Morgan fingerprint density at radius 2 is 1.75 bits per heavy atom. The number of pyridine rings is 1. The molecule has 3 rings (SSSR count). The third-order valence-electron chi connectivity index (χ3n) is 3.27. The van der Waals surface area contributed by atoms with Gasteiger partial charge in [-0.25, -0.2) is 0 Å². The Hall–Kier alpha value is -2.06. The molecular formula is C17H15ClN2. The maximum Gasteiger partial charge on any atom is 0.0722 e. The number of alkyl halides is 1. The Labute approximate surface area is 123 Å². The fourth-order valence-corrected chi connectivity index (χ4v) is 2.44. The molecule has 0 saturated carbocycles. The minimum Gasteiger partial charge on any atom is -0.355 e. The van der Waals surface area contributed by atoms with E-state index >= 15 is 0 Å². The smallest absolute Gasteiger partial charge is 0.0722 e. The molecule has 100 valence electrons. The molecular weight excluding hydrogens is 268 g/mol. The first-order valence-electron chi connectivity index (χ1n) is 6.62. The highest BCUT2D eigenvalue weighted by Crippen LogP contribution is 2.24. The first kappa shape index (κ1) is 12.9. The average molecular weight is 283 g/mol. The lowest BCUT2D eigenvalue weighted by Crippen LogP contribution is -1.93. The van der Waals surface area contributed by atoms with E-state index in [1.54, 1.807) is 0 Å². The van der Waals surface area contributed by atoms with Gasteiger partial charge >= 0.3 is 0 Å². The minimum absolute atomic E-state index is 0.655. The number of benzene rings is 2. The monoisotopic (exact) mass is 282 g/mol. The van der Waals surface area contributed by atoms with Crippen molar-refractivity contribution in [2.24, 2.45) is 0 Å². The number of para-hydroxylation sites is 1. The van der Waals surface area contributed by atoms with E-state index in [1.807, 2.05) is 30.5 Å². The molecule has 3 aromatic rings. The molecule has 1 heterocycles. The minimum atomic E-state index is 0.655. The highest BCUT2D eigenvalue weighted by Gasteiger charge is 2.01. The summed E-state index contributed by atoms with van der Waals surface area (Å²) in [5.41, 5.74) is 4.39. The van der Waals surface area contributed by atoms with Gasteiger partial charge < -0.3 is 5.32 Å². The van der Waals surface area contributed by atoms with Crippen LogP contribution in [0.15, 0.2) is 60.8 Å². The Morgan fingerprint density at radius 1 is 0.950 bits per heavy atom. The predicted octanol–water partition coefficient (Wildman–Crippen LogP) is 4.76. The molecule has 2 nitrogen and oxygen atoms in total. The van der Waals surface area contributed by atoms with E-state index in [2.05, 4.69) is 40.6 Å². The van der Waals surface area contributed by atoms with Crippen LogP contribution in [0.4, 0.5) is 11.4 Å². The van der Waals surface area contributed by atoms with Crippen molar-refractivity contribution in [1.29, 1.82) is 0 Å². The van der Waals surface area contributed by atoms with Crippen LogP contribution in [0.3, 0.4) is 0 Å². The van der Waals surface area contributed by atoms with Crippen LogP contribution in [0.2, 0.25) is 0 Å². The average Bonchev–Trinajstić information content (AvgIpc) is 2.50. The van der Waals surface area contributed by atoms with Gasteiger partial charge in [0.15, 0.2) is 0 Å². The molecule has 0 amide bonds. The number of rotatable bonds is 4. The number of nitrogens with zero attached hydrogens (tertiary/aromatic N) is 1. The molecule has 1 N–H and O–H groups in total. The van der Waals surface area contributed by atoms with Gasteiger partial charge in [-0.1, -0.05) is 30.3 Å². The third kappa shape index (κ3) is 2.75. The van der Waals surface area contributed by atoms with Crippen LogP contribution in [0.5, 0.6) is 0 Å². The quantitative estimate of drug-likeness (QED) is 0.698. The first-order valence-corrected chi connectivity index (χ1v) is 7.16. The second-order valence-electron chi connectivity index (χ2n) is 4.64. The van der Waals surface area contributed by atoms with Crippen LogP contribution in [-0.2, 0) is 6.42 Å². The molecule has 0 saturated heterocycles. The Kier molecular flexibility index (Phi) is 3.84. The van der Waals surface area contributed by atoms with Crippen LogP contribution in [0.25, 0.3) is 10.9 Å². The summed E-state index contributed by atoms with van der Waals surface area (Å²) in [6.45, 7) is 0. The van der Waals surface area contributed by atoms with E-state index in [0.717, 1.165) is 28.7 Å². The van der Waals surface area contributed by atoms with Gasteiger partial charge in [0.1, 0.15) is 0 Å². The summed E-state index contributed by atoms with van der Waals surface area (Å²) >= 11 is 5.75. The van der Waals surface area contributed by atoms with Crippen LogP contribution < -0.4 is 5.32 Å². The fraction of sp³-hybridized carbons (Fsp3) is 0.118. The first-order chi connectivity index (χ1) is 9.86. The SMILES string of the molecule is ClCCc1ccc(Nc2ccnc3ccccc23)cc1. The molecule has 0 atom stereocenters. The lowest BCUT2D eigenvalue weighted by Gasteiger charge is -2.10. The van der Waals surface area contributed by atoms with E-state index in [-0.39, 0.29) is 0 Å². The van der Waals surface area contributed by atoms with E-state index in [4.69, 9.17) is 11.6 Å². The summed E-state index contributed by atoms with van der Waals surface area (Å²) in [6, 6.07) is 18.5. The molecule has 2 aromatic carbocycles. The standard InChI is InChI=1S/C17H15ClN2/c18-11-9-13-5-7-14(8-6-13)20-17-10-12-19-16-4-2-1-3-15(16)17/h1-8,10,12H,9,11H2,(H,19,20). The van der Waals surface area contributed by atoms with Crippen LogP contribution in [0.1, 0.15) is 5.56 Å². The molecule has 0 spiro atoms. The summed E-state index contributed by atoms with van der Waals surface area (Å²) in [4.78, 5) is 4.37. The zero-order valence-electron chi connectivity index (χ0n) is 11.0. The number of halogens is 1. The lowest BCUT2D eigenvalue weighted by atomic mass is 10.1. The number of aromatic nitrogens is 1. The van der Waals surface area contributed by atoms with Crippen molar-refractivity contribution in [2.75, 3.05) is 11.2 Å². The lowest BCUT2D eigenvalue weighted by molar-refractivity contribution is 1.15. The summed E-state index contributed by atoms with van der Waals surface area (Å²) in [5.74, 6) is 0.655. The topological polar surface area (TPSA) is 24.9 Å². The number of hydrogen-bond acceptors (Lipinski definition) is 2. The number of nitrogens with one attached hydrogen (secondary N) is 1. The number of fused-ring (bicyclic) bond motifs is 1. The van der Waals surface area contributed by atoms with Gasteiger partial charge in [0.25, 0.3) is 0 Å². The summed E-state index contributed by atoms with van der Waals surface area (Å²) in [5, 5.41) is 4.57. The maximum absolute atomic E-state index is 5.75. The Morgan fingerprint density at radius 3 is 2.55 bits per heavy atom. The van der Waals surface area contributed by atoms with E-state index in [9.17, 15) is 0 Å². The number of hydrogen-bond donors (Lipinski definition) is 1. The van der Waals surface area contributed by atoms with Gasteiger partial charge in [0.2, 0.25) is 0 Å². The van der Waals surface area contributed by atoms with E-state index in [0.29, 0.717) is 5.88 Å². The van der Waals surface area contributed by atoms with Gasteiger partial charge in [0.05, 0.1) is 5.52 Å². The Balaban J connectivity index is 1.89. The van der Waals surface area contributed by atoms with Crippen molar-refractivity contribution >= 4 is 33.9 Å². The molecule has 0 unspecified atom stereocenters. The highest BCUT2D eigenvalue weighted by molar-refractivity contribution is 6.18. The molecule has 0 radical (unpaired) electrons. The van der Waals surface area contributed by atoms with Crippen molar-refractivity contribution in [3.63, 3.8) is 0 Å². The molecule has 0 aliphatic carbocycles. The molecule has 1 aromatic heterocycles. The van der Waals surface area contributed by atoms with Crippen LogP contribution in [0, 0.1) is 0 Å². The fourth-order valence-electron chi connectivity index (χ4n) is 2.22. The maximum atomic E-state index is 5.75. The summed E-state index contributed by atoms with van der Waals surface area (Å²) in [6.07, 6.45) is 2.73. The zero-order valence-corrected chi connectivity index (χ0v) is 11.8. The zero-order chi connectivity index (χ0) is 13.8. The predicted molar refractivity (Wildman–Crippen MR) is 85.9 cm³/mol. The highest BCUT2D eigenvalue weighted by atomic mass is 35.5. The largest absolute Gasteiger partial charge is 0.355 e. The van der Waals surface area contributed by atoms with Crippen molar-refractivity contribution in [1.82, 2.24) is 4.98 Å². The van der Waals surface area contributed by atoms with Gasteiger partial charge in [-0.15, -0.1) is 11.6 Å². The molecule has 3 heteroatoms. The van der Waals surface area contributed by atoms with Crippen LogP contribution >= 0.6 is 11.6 Å². The van der Waals surface area contributed by atoms with Gasteiger partial charge in [0, 0.05) is 28.8 Å². The summed E-state index contributed by atoms with van der Waals surface area (Å²) in [7, 11) is 0. The molecule has 0 aliphatic rings. The second-order valence-corrected chi connectivity index (χ2v) is 5.01. The van der Waals surface area contributed by atoms with Crippen molar-refractivity contribution in [3.8, 4) is 0 Å². The third-order valence-corrected chi connectivity index (χ3v) is 3.45. The second kappa shape index (κ2) is 5.93. The Bertz CT molecular complexity index is 702. The summed E-state index contributed by atoms with van der Waals surface area (Å²) < 4.78 is 0. The normalized spacial score (nSPS) is 10.7. The van der Waals surface area contributed by atoms with Crippen molar-refractivity contribution < 1.29 is 0 Å². The van der Waals surface area contributed by atoms with Crippen molar-refractivity contribution in [2.45, 2.75) is 6.42 Å². The van der Waals surface area contributed by atoms with Crippen molar-refractivity contribution in [3.05, 3.63) is 66.4 Å².